The third kappa shape index (κ3) is 4.99. The second kappa shape index (κ2) is 7.48. The molecule has 0 aliphatic rings. The van der Waals surface area contributed by atoms with Gasteiger partial charge in [-0.25, -0.2) is 5.43 Å². The van der Waals surface area contributed by atoms with Crippen LogP contribution < -0.4 is 10.2 Å². The Bertz CT molecular complexity index is 422. The number of nitrogens with one attached hydrogen (secondary N) is 1. The molecule has 0 aliphatic carbocycles. The third-order valence-electron chi connectivity index (χ3n) is 2.51. The minimum atomic E-state index is -0.240. The molecule has 1 rings (SSSR count). The number of carbonyl (C=O) groups is 1. The first-order valence-corrected chi connectivity index (χ1v) is 6.19. The standard InChI is InChI=1S/C14H20N2O2/c1-4-12(5-2)15-16-14(17)10-18-13-8-6-7-11(3)9-13/h6-9H,4-5,10H2,1-3H3,(H,16,17). The molecule has 1 N–H and O–H groups in total. The van der Waals surface area contributed by atoms with Crippen molar-refractivity contribution in [3.05, 3.63) is 29.8 Å². The van der Waals surface area contributed by atoms with Crippen molar-refractivity contribution in [2.24, 2.45) is 5.10 Å². The Labute approximate surface area is 108 Å². The van der Waals surface area contributed by atoms with Crippen LogP contribution in [0.1, 0.15) is 32.3 Å². The number of amides is 1. The van der Waals surface area contributed by atoms with Crippen molar-refractivity contribution in [2.75, 3.05) is 6.61 Å². The number of hydrogen-bond acceptors (Lipinski definition) is 3. The molecule has 0 fully saturated rings. The molecule has 1 aromatic rings. The number of hydrogen-bond donors (Lipinski definition) is 1. The lowest BCUT2D eigenvalue weighted by Gasteiger charge is -2.06. The van der Waals surface area contributed by atoms with Gasteiger partial charge in [-0.2, -0.15) is 5.10 Å². The van der Waals surface area contributed by atoms with E-state index < -0.39 is 0 Å². The molecule has 18 heavy (non-hydrogen) atoms. The summed E-state index contributed by atoms with van der Waals surface area (Å²) in [6.07, 6.45) is 1.69. The van der Waals surface area contributed by atoms with Crippen molar-refractivity contribution in [1.82, 2.24) is 5.43 Å². The van der Waals surface area contributed by atoms with Gasteiger partial charge < -0.3 is 4.74 Å². The second-order valence-corrected chi connectivity index (χ2v) is 4.03. The van der Waals surface area contributed by atoms with Crippen LogP contribution in [0.25, 0.3) is 0 Å². The maximum absolute atomic E-state index is 11.5. The van der Waals surface area contributed by atoms with Crippen LogP contribution in [0.4, 0.5) is 0 Å². The topological polar surface area (TPSA) is 50.7 Å². The minimum absolute atomic E-state index is 0.0202. The van der Waals surface area contributed by atoms with Crippen LogP contribution >= 0.6 is 0 Å². The molecule has 0 spiro atoms. The first-order valence-electron chi connectivity index (χ1n) is 6.19. The molecular weight excluding hydrogens is 228 g/mol. The van der Waals surface area contributed by atoms with E-state index >= 15 is 0 Å². The van der Waals surface area contributed by atoms with E-state index in [4.69, 9.17) is 4.74 Å². The number of benzene rings is 1. The fourth-order valence-electron chi connectivity index (χ4n) is 1.44. The Hall–Kier alpha value is -1.84. The van der Waals surface area contributed by atoms with Gasteiger partial charge in [0.15, 0.2) is 6.61 Å². The molecule has 98 valence electrons. The molecule has 0 heterocycles. The fraction of sp³-hybridized carbons (Fsp3) is 0.429. The predicted molar refractivity (Wildman–Crippen MR) is 72.8 cm³/mol. The van der Waals surface area contributed by atoms with Crippen molar-refractivity contribution < 1.29 is 9.53 Å². The van der Waals surface area contributed by atoms with Crippen molar-refractivity contribution in [3.63, 3.8) is 0 Å². The highest BCUT2D eigenvalue weighted by atomic mass is 16.5. The van der Waals surface area contributed by atoms with Crippen LogP contribution in [-0.4, -0.2) is 18.2 Å². The third-order valence-corrected chi connectivity index (χ3v) is 2.51. The molecule has 0 bridgehead atoms. The number of ether oxygens (including phenoxy) is 1. The zero-order chi connectivity index (χ0) is 13.4. The zero-order valence-electron chi connectivity index (χ0n) is 11.2. The molecule has 0 atom stereocenters. The largest absolute Gasteiger partial charge is 0.484 e. The highest BCUT2D eigenvalue weighted by Crippen LogP contribution is 2.11. The summed E-state index contributed by atoms with van der Waals surface area (Å²) in [6, 6.07) is 7.59. The van der Waals surface area contributed by atoms with Gasteiger partial charge in [-0.3, -0.25) is 4.79 Å². The lowest BCUT2D eigenvalue weighted by Crippen LogP contribution is -2.25. The van der Waals surface area contributed by atoms with E-state index in [0.717, 1.165) is 24.1 Å². The Morgan fingerprint density at radius 1 is 1.33 bits per heavy atom. The van der Waals surface area contributed by atoms with Gasteiger partial charge in [0.05, 0.1) is 0 Å². The van der Waals surface area contributed by atoms with E-state index in [0.29, 0.717) is 5.75 Å². The van der Waals surface area contributed by atoms with Gasteiger partial charge in [0.2, 0.25) is 0 Å². The first-order chi connectivity index (χ1) is 8.65. The Balaban J connectivity index is 2.40. The smallest absolute Gasteiger partial charge is 0.277 e. The predicted octanol–water partition coefficient (Wildman–Crippen LogP) is 2.67. The summed E-state index contributed by atoms with van der Waals surface area (Å²) in [5, 5.41) is 4.03. The highest BCUT2D eigenvalue weighted by molar-refractivity contribution is 5.86. The molecule has 0 radical (unpaired) electrons. The maximum atomic E-state index is 11.5. The fourth-order valence-corrected chi connectivity index (χ4v) is 1.44. The summed E-state index contributed by atoms with van der Waals surface area (Å²) < 4.78 is 5.37. The molecule has 0 saturated heterocycles. The average Bonchev–Trinajstić information content (AvgIpc) is 2.37. The summed E-state index contributed by atoms with van der Waals surface area (Å²) in [6.45, 7) is 5.98. The monoisotopic (exact) mass is 248 g/mol. The number of carbonyl (C=O) groups excluding carboxylic acids is 1. The molecule has 1 aromatic carbocycles. The normalized spacial score (nSPS) is 9.72. The summed E-state index contributed by atoms with van der Waals surface area (Å²) in [5.74, 6) is 0.455. The summed E-state index contributed by atoms with van der Waals surface area (Å²) in [7, 11) is 0. The number of hydrazone groups is 1. The maximum Gasteiger partial charge on any atom is 0.277 e. The van der Waals surface area contributed by atoms with Crippen molar-refractivity contribution in [1.29, 1.82) is 0 Å². The van der Waals surface area contributed by atoms with Crippen LogP contribution in [0.2, 0.25) is 0 Å². The van der Waals surface area contributed by atoms with Crippen molar-refractivity contribution in [2.45, 2.75) is 33.6 Å². The van der Waals surface area contributed by atoms with E-state index in [-0.39, 0.29) is 12.5 Å². The van der Waals surface area contributed by atoms with Crippen LogP contribution in [0, 0.1) is 6.92 Å². The van der Waals surface area contributed by atoms with Crippen LogP contribution in [0.3, 0.4) is 0 Å². The molecular formula is C14H20N2O2. The van der Waals surface area contributed by atoms with Crippen LogP contribution in [0.5, 0.6) is 5.75 Å². The lowest BCUT2D eigenvalue weighted by atomic mass is 10.2. The minimum Gasteiger partial charge on any atom is -0.484 e. The molecule has 4 heteroatoms. The Morgan fingerprint density at radius 2 is 2.06 bits per heavy atom. The van der Waals surface area contributed by atoms with Gasteiger partial charge >= 0.3 is 0 Å². The summed E-state index contributed by atoms with van der Waals surface area (Å²) >= 11 is 0. The SMILES string of the molecule is CCC(CC)=NNC(=O)COc1cccc(C)c1. The zero-order valence-corrected chi connectivity index (χ0v) is 11.2. The van der Waals surface area contributed by atoms with Gasteiger partial charge in [0.1, 0.15) is 5.75 Å². The van der Waals surface area contributed by atoms with E-state index in [2.05, 4.69) is 10.5 Å². The highest BCUT2D eigenvalue weighted by Gasteiger charge is 2.02. The van der Waals surface area contributed by atoms with Crippen molar-refractivity contribution >= 4 is 11.6 Å². The van der Waals surface area contributed by atoms with Gasteiger partial charge in [-0.15, -0.1) is 0 Å². The summed E-state index contributed by atoms with van der Waals surface area (Å²) in [5.41, 5.74) is 4.57. The van der Waals surface area contributed by atoms with E-state index in [1.165, 1.54) is 0 Å². The van der Waals surface area contributed by atoms with E-state index in [1.54, 1.807) is 0 Å². The van der Waals surface area contributed by atoms with Gasteiger partial charge in [-0.05, 0) is 37.5 Å². The van der Waals surface area contributed by atoms with Crippen LogP contribution in [0.15, 0.2) is 29.4 Å². The molecule has 4 nitrogen and oxygen atoms in total. The molecule has 0 unspecified atom stereocenters. The second-order valence-electron chi connectivity index (χ2n) is 4.03. The summed E-state index contributed by atoms with van der Waals surface area (Å²) in [4.78, 5) is 11.5. The molecule has 0 saturated carbocycles. The van der Waals surface area contributed by atoms with Crippen molar-refractivity contribution in [3.8, 4) is 5.75 Å². The lowest BCUT2D eigenvalue weighted by molar-refractivity contribution is -0.123. The number of rotatable bonds is 6. The van der Waals surface area contributed by atoms with E-state index in [9.17, 15) is 4.79 Å². The number of aryl methyl sites for hydroxylation is 1. The average molecular weight is 248 g/mol. The first kappa shape index (κ1) is 14.2. The van der Waals surface area contributed by atoms with Crippen LogP contribution in [-0.2, 0) is 4.79 Å². The van der Waals surface area contributed by atoms with Gasteiger partial charge in [-0.1, -0.05) is 26.0 Å². The van der Waals surface area contributed by atoms with E-state index in [1.807, 2.05) is 45.0 Å². The Kier molecular flexibility index (Phi) is 5.91. The quantitative estimate of drug-likeness (QED) is 0.621. The molecule has 0 aromatic heterocycles. The van der Waals surface area contributed by atoms with Gasteiger partial charge in [0, 0.05) is 5.71 Å². The molecule has 0 aliphatic heterocycles. The number of nitrogens with zero attached hydrogens (tertiary/aromatic N) is 1. The van der Waals surface area contributed by atoms with Gasteiger partial charge in [0.25, 0.3) is 5.91 Å². The Morgan fingerprint density at radius 3 is 2.67 bits per heavy atom. The molecule has 1 amide bonds.